The summed E-state index contributed by atoms with van der Waals surface area (Å²) < 4.78 is 14.3. The van der Waals surface area contributed by atoms with Gasteiger partial charge in [-0.05, 0) is 68.8 Å². The number of piperazine rings is 1. The minimum absolute atomic E-state index is 0.0343. The highest BCUT2D eigenvalue weighted by molar-refractivity contribution is 6.31. The number of piperidine rings is 1. The number of likely N-dealkylation sites (N-methyl/N-ethyl adjacent to an activating group) is 1. The maximum Gasteiger partial charge on any atom is 0.328 e. The molecule has 0 radical (unpaired) electrons. The minimum atomic E-state index is -1.08. The summed E-state index contributed by atoms with van der Waals surface area (Å²) in [7, 11) is 2.12. The van der Waals surface area contributed by atoms with Crippen LogP contribution in [0.5, 0.6) is 5.75 Å². The molecule has 0 saturated carbocycles. The predicted molar refractivity (Wildman–Crippen MR) is 143 cm³/mol. The molecule has 0 spiro atoms. The molecule has 3 fully saturated rings. The third-order valence-corrected chi connectivity index (χ3v) is 9.11. The van der Waals surface area contributed by atoms with E-state index >= 15 is 0 Å². The van der Waals surface area contributed by atoms with Gasteiger partial charge in [0.2, 0.25) is 0 Å². The molecule has 4 heterocycles. The van der Waals surface area contributed by atoms with Gasteiger partial charge in [0.05, 0.1) is 17.1 Å². The lowest BCUT2D eigenvalue weighted by Crippen LogP contribution is -2.58. The maximum absolute atomic E-state index is 14.3. The summed E-state index contributed by atoms with van der Waals surface area (Å²) in [4.78, 5) is 35.7. The van der Waals surface area contributed by atoms with Crippen LogP contribution in [0.15, 0.2) is 36.4 Å². The molecule has 0 bridgehead atoms. The second-order valence-electron chi connectivity index (χ2n) is 11.3. The van der Waals surface area contributed by atoms with E-state index in [-0.39, 0.29) is 34.7 Å². The molecule has 4 atom stereocenters. The van der Waals surface area contributed by atoms with E-state index in [1.54, 1.807) is 29.2 Å². The number of aromatic hydroxyl groups is 1. The van der Waals surface area contributed by atoms with Crippen molar-refractivity contribution < 1.29 is 19.1 Å². The smallest absolute Gasteiger partial charge is 0.328 e. The lowest BCUT2D eigenvalue weighted by atomic mass is 9.72. The van der Waals surface area contributed by atoms with Gasteiger partial charge in [0.1, 0.15) is 17.1 Å². The van der Waals surface area contributed by atoms with Crippen LogP contribution >= 0.6 is 11.6 Å². The van der Waals surface area contributed by atoms with Crippen LogP contribution in [0.1, 0.15) is 42.9 Å². The minimum Gasteiger partial charge on any atom is -0.508 e. The van der Waals surface area contributed by atoms with Gasteiger partial charge >= 0.3 is 6.03 Å². The Morgan fingerprint density at radius 2 is 1.89 bits per heavy atom. The number of urea groups is 1. The number of hydrogen-bond donors (Lipinski definition) is 2. The third-order valence-electron chi connectivity index (χ3n) is 8.82. The Morgan fingerprint density at radius 3 is 2.63 bits per heavy atom. The summed E-state index contributed by atoms with van der Waals surface area (Å²) >= 11 is 6.17. The number of fused-ring (bicyclic) bond motifs is 4. The lowest BCUT2D eigenvalue weighted by Gasteiger charge is -2.48. The van der Waals surface area contributed by atoms with Crippen LogP contribution in [0.2, 0.25) is 5.02 Å². The first-order chi connectivity index (χ1) is 18.2. The van der Waals surface area contributed by atoms with E-state index in [1.165, 1.54) is 11.0 Å². The number of hydrogen-bond acceptors (Lipinski definition) is 6. The van der Waals surface area contributed by atoms with Gasteiger partial charge in [0.25, 0.3) is 5.91 Å². The molecule has 202 valence electrons. The van der Waals surface area contributed by atoms with Gasteiger partial charge in [-0.15, -0.1) is 0 Å². The molecular weight excluding hydrogens is 509 g/mol. The Kier molecular flexibility index (Phi) is 6.28. The molecule has 6 rings (SSSR count). The van der Waals surface area contributed by atoms with Gasteiger partial charge in [-0.3, -0.25) is 9.69 Å². The number of carbonyl (C=O) groups excluding carboxylic acids is 2. The molecular formula is C28H33ClFN5O3. The number of carbonyl (C=O) groups is 2. The Balaban J connectivity index is 1.32. The highest BCUT2D eigenvalue weighted by atomic mass is 35.5. The van der Waals surface area contributed by atoms with Crippen molar-refractivity contribution in [2.75, 3.05) is 51.6 Å². The average Bonchev–Trinajstić information content (AvgIpc) is 3.31. The molecule has 0 aliphatic carbocycles. The van der Waals surface area contributed by atoms with Crippen LogP contribution in [-0.2, 0) is 4.79 Å². The van der Waals surface area contributed by atoms with Crippen molar-refractivity contribution in [2.45, 2.75) is 43.3 Å². The third kappa shape index (κ3) is 4.03. The number of nitrogens with one attached hydrogen (secondary N) is 1. The number of halogens is 2. The molecule has 0 aromatic heterocycles. The van der Waals surface area contributed by atoms with E-state index in [0.29, 0.717) is 25.1 Å². The van der Waals surface area contributed by atoms with Crippen LogP contribution in [0.25, 0.3) is 0 Å². The molecule has 2 aromatic rings. The number of benzene rings is 2. The van der Waals surface area contributed by atoms with Gasteiger partial charge < -0.3 is 25.1 Å². The number of phenols is 1. The van der Waals surface area contributed by atoms with Crippen LogP contribution in [0.4, 0.5) is 14.9 Å². The standard InChI is InChI=1S/C28H33ClFN5O3/c1-28-16-20-19-14-21(29)22(30)15-23(19)31-24(20)25(17-5-3-6-18(36)13-17)35(28)27(38)34(26(28)37)8-4-7-33-11-9-32(2)10-12-33/h3,5-6,13-15,20,24-25,31,36H,4,7-12,16H2,1-2H3/t20?,24?,25-,28+/m1/s1. The van der Waals surface area contributed by atoms with Gasteiger partial charge in [-0.25, -0.2) is 9.18 Å². The molecule has 2 aromatic carbocycles. The number of phenolic OH excluding ortho intramolecular Hbond substituents is 1. The quantitative estimate of drug-likeness (QED) is 0.560. The lowest BCUT2D eigenvalue weighted by molar-refractivity contribution is -0.135. The van der Waals surface area contributed by atoms with Crippen molar-refractivity contribution in [3.8, 4) is 5.75 Å². The fraction of sp³-hybridized carbons (Fsp3) is 0.500. The SMILES string of the molecule is CN1CCN(CCCN2C(=O)N3[C@H](c4cccc(O)c4)C4Nc5cc(F)c(Cl)cc5C4C[C@@]3(C)C2=O)CC1. The fourth-order valence-corrected chi connectivity index (χ4v) is 6.98. The Morgan fingerprint density at radius 1 is 1.13 bits per heavy atom. The van der Waals surface area contributed by atoms with Crippen molar-refractivity contribution in [1.29, 1.82) is 0 Å². The molecule has 8 nitrogen and oxygen atoms in total. The van der Waals surface area contributed by atoms with E-state index in [4.69, 9.17) is 11.6 Å². The monoisotopic (exact) mass is 541 g/mol. The fourth-order valence-electron chi connectivity index (χ4n) is 6.81. The summed E-state index contributed by atoms with van der Waals surface area (Å²) in [5, 5.41) is 13.7. The molecule has 3 amide bonds. The number of anilines is 1. The largest absolute Gasteiger partial charge is 0.508 e. The van der Waals surface area contributed by atoms with Crippen molar-refractivity contribution >= 4 is 29.2 Å². The van der Waals surface area contributed by atoms with Gasteiger partial charge in [-0.1, -0.05) is 23.7 Å². The second-order valence-corrected chi connectivity index (χ2v) is 11.7. The van der Waals surface area contributed by atoms with E-state index in [0.717, 1.165) is 43.9 Å². The summed E-state index contributed by atoms with van der Waals surface area (Å²) in [6.07, 6.45) is 1.11. The Hall–Kier alpha value is -2.88. The van der Waals surface area contributed by atoms with Crippen LogP contribution < -0.4 is 5.32 Å². The normalized spacial score (nSPS) is 29.3. The second kappa shape index (κ2) is 9.39. The predicted octanol–water partition coefficient (Wildman–Crippen LogP) is 3.87. The zero-order valence-corrected chi connectivity index (χ0v) is 22.4. The number of nitrogens with zero attached hydrogens (tertiary/aromatic N) is 4. The highest BCUT2D eigenvalue weighted by Gasteiger charge is 2.63. The zero-order chi connectivity index (χ0) is 26.8. The van der Waals surface area contributed by atoms with Gasteiger partial charge in [-0.2, -0.15) is 0 Å². The molecule has 2 N–H and O–H groups in total. The summed E-state index contributed by atoms with van der Waals surface area (Å²) in [6.45, 7) is 7.04. The first kappa shape index (κ1) is 25.4. The number of amides is 3. The molecule has 3 saturated heterocycles. The van der Waals surface area contributed by atoms with Crippen LogP contribution in [0, 0.1) is 5.82 Å². The summed E-state index contributed by atoms with van der Waals surface area (Å²) in [6, 6.07) is 8.67. The van der Waals surface area contributed by atoms with Crippen molar-refractivity contribution in [3.63, 3.8) is 0 Å². The Bertz CT molecular complexity index is 1290. The topological polar surface area (TPSA) is 79.4 Å². The van der Waals surface area contributed by atoms with Gasteiger partial charge in [0.15, 0.2) is 0 Å². The van der Waals surface area contributed by atoms with E-state index in [1.807, 2.05) is 13.0 Å². The highest BCUT2D eigenvalue weighted by Crippen LogP contribution is 2.56. The van der Waals surface area contributed by atoms with E-state index < -0.39 is 17.4 Å². The van der Waals surface area contributed by atoms with Crippen LogP contribution in [0.3, 0.4) is 0 Å². The first-order valence-corrected chi connectivity index (χ1v) is 13.7. The van der Waals surface area contributed by atoms with Crippen molar-refractivity contribution in [3.05, 3.63) is 58.4 Å². The Labute approximate surface area is 226 Å². The molecule has 38 heavy (non-hydrogen) atoms. The molecule has 2 unspecified atom stereocenters. The van der Waals surface area contributed by atoms with E-state index in [2.05, 4.69) is 22.2 Å². The molecule has 4 aliphatic heterocycles. The zero-order valence-electron chi connectivity index (χ0n) is 21.7. The number of rotatable bonds is 5. The average molecular weight is 542 g/mol. The summed E-state index contributed by atoms with van der Waals surface area (Å²) in [5.41, 5.74) is 1.12. The first-order valence-electron chi connectivity index (χ1n) is 13.3. The number of imide groups is 1. The molecule has 10 heteroatoms. The maximum atomic E-state index is 14.3. The molecule has 4 aliphatic rings. The summed E-state index contributed by atoms with van der Waals surface area (Å²) in [5.74, 6) is -0.807. The van der Waals surface area contributed by atoms with Crippen molar-refractivity contribution in [1.82, 2.24) is 19.6 Å². The van der Waals surface area contributed by atoms with Crippen LogP contribution in [-0.4, -0.2) is 94.5 Å². The van der Waals surface area contributed by atoms with Gasteiger partial charge in [0, 0.05) is 44.3 Å². The van der Waals surface area contributed by atoms with E-state index in [9.17, 15) is 19.1 Å². The van der Waals surface area contributed by atoms with Crippen molar-refractivity contribution in [2.24, 2.45) is 0 Å².